The highest BCUT2D eigenvalue weighted by atomic mass is 19.1. The van der Waals surface area contributed by atoms with Crippen LogP contribution in [-0.4, -0.2) is 39.6 Å². The molecule has 0 unspecified atom stereocenters. The second-order valence-corrected chi connectivity index (χ2v) is 3.79. The molecular formula is C9H12FN3O4. The van der Waals surface area contributed by atoms with Crippen molar-refractivity contribution < 1.29 is 14.2 Å². The SMILES string of the molecule is N[C@H]1[C@@H](F)[C@H](n2ccc(=O)[nH]c2=O)O[C@@H]1CO. The standard InChI is InChI=1S/C9H12FN3O4/c10-6-7(11)4(3-14)17-8(6)13-2-1-5(15)12-9(13)16/h1-2,4,6-8,14H,3,11H2,(H,12,15,16)/t4-,6-,7-,8-/m1/s1. The molecule has 1 aromatic rings. The molecule has 2 rings (SSSR count). The van der Waals surface area contributed by atoms with Crippen LogP contribution in [-0.2, 0) is 4.74 Å². The zero-order valence-corrected chi connectivity index (χ0v) is 8.75. The Bertz CT molecular complexity index is 513. The molecule has 1 saturated heterocycles. The van der Waals surface area contributed by atoms with E-state index < -0.39 is 42.4 Å². The Morgan fingerprint density at radius 2 is 2.29 bits per heavy atom. The van der Waals surface area contributed by atoms with Crippen molar-refractivity contribution in [3.05, 3.63) is 33.1 Å². The van der Waals surface area contributed by atoms with Crippen molar-refractivity contribution in [3.8, 4) is 0 Å². The Morgan fingerprint density at radius 3 is 2.82 bits per heavy atom. The number of rotatable bonds is 2. The van der Waals surface area contributed by atoms with Gasteiger partial charge in [-0.25, -0.2) is 9.18 Å². The number of aliphatic hydroxyl groups is 1. The fraction of sp³-hybridized carbons (Fsp3) is 0.556. The fourth-order valence-electron chi connectivity index (χ4n) is 1.75. The van der Waals surface area contributed by atoms with Crippen LogP contribution >= 0.6 is 0 Å². The van der Waals surface area contributed by atoms with Crippen LogP contribution in [0.3, 0.4) is 0 Å². The fourth-order valence-corrected chi connectivity index (χ4v) is 1.75. The number of nitrogens with two attached hydrogens (primary N) is 1. The second kappa shape index (κ2) is 4.40. The summed E-state index contributed by atoms with van der Waals surface area (Å²) in [6, 6.07) is 0.0683. The summed E-state index contributed by atoms with van der Waals surface area (Å²) < 4.78 is 19.8. The molecule has 1 aromatic heterocycles. The molecule has 4 N–H and O–H groups in total. The summed E-state index contributed by atoms with van der Waals surface area (Å²) in [5, 5.41) is 8.92. The van der Waals surface area contributed by atoms with Crippen LogP contribution in [0.1, 0.15) is 6.23 Å². The number of halogens is 1. The second-order valence-electron chi connectivity index (χ2n) is 3.79. The van der Waals surface area contributed by atoms with Gasteiger partial charge in [-0.2, -0.15) is 0 Å². The summed E-state index contributed by atoms with van der Waals surface area (Å²) in [5.41, 5.74) is 4.13. The van der Waals surface area contributed by atoms with Crippen LogP contribution in [0.2, 0.25) is 0 Å². The molecule has 4 atom stereocenters. The van der Waals surface area contributed by atoms with Gasteiger partial charge in [-0.1, -0.05) is 0 Å². The van der Waals surface area contributed by atoms with Gasteiger partial charge in [-0.3, -0.25) is 14.3 Å². The highest BCUT2D eigenvalue weighted by molar-refractivity contribution is 4.95. The predicted molar refractivity (Wildman–Crippen MR) is 55.2 cm³/mol. The van der Waals surface area contributed by atoms with Gasteiger partial charge in [0.25, 0.3) is 5.56 Å². The summed E-state index contributed by atoms with van der Waals surface area (Å²) in [7, 11) is 0. The Hall–Kier alpha value is -1.51. The van der Waals surface area contributed by atoms with E-state index in [1.165, 1.54) is 0 Å². The highest BCUT2D eigenvalue weighted by Gasteiger charge is 2.43. The molecule has 0 radical (unpaired) electrons. The third-order valence-corrected chi connectivity index (χ3v) is 2.69. The van der Waals surface area contributed by atoms with Crippen molar-refractivity contribution in [2.45, 2.75) is 24.5 Å². The molecule has 1 aliphatic heterocycles. The largest absolute Gasteiger partial charge is 0.394 e. The molecular weight excluding hydrogens is 233 g/mol. The number of alkyl halides is 1. The maximum Gasteiger partial charge on any atom is 0.330 e. The van der Waals surface area contributed by atoms with Crippen LogP contribution < -0.4 is 17.0 Å². The average Bonchev–Trinajstić information content (AvgIpc) is 2.57. The zero-order valence-electron chi connectivity index (χ0n) is 8.75. The lowest BCUT2D eigenvalue weighted by Crippen LogP contribution is -2.40. The number of aromatic amines is 1. The maximum absolute atomic E-state index is 13.8. The third-order valence-electron chi connectivity index (χ3n) is 2.69. The van der Waals surface area contributed by atoms with E-state index >= 15 is 0 Å². The van der Waals surface area contributed by atoms with Crippen molar-refractivity contribution >= 4 is 0 Å². The Balaban J connectivity index is 2.35. The van der Waals surface area contributed by atoms with Crippen LogP contribution in [0.5, 0.6) is 0 Å². The number of ether oxygens (including phenoxy) is 1. The molecule has 0 amide bonds. The van der Waals surface area contributed by atoms with Crippen LogP contribution in [0, 0.1) is 0 Å². The first-order valence-electron chi connectivity index (χ1n) is 5.02. The predicted octanol–water partition coefficient (Wildman–Crippen LogP) is -1.91. The Kier molecular flexibility index (Phi) is 3.09. The van der Waals surface area contributed by atoms with Gasteiger partial charge in [0.2, 0.25) is 0 Å². The highest BCUT2D eigenvalue weighted by Crippen LogP contribution is 2.29. The lowest BCUT2D eigenvalue weighted by Gasteiger charge is -2.15. The minimum absolute atomic E-state index is 0.434. The number of nitrogens with one attached hydrogen (secondary N) is 1. The number of hydrogen-bond acceptors (Lipinski definition) is 5. The van der Waals surface area contributed by atoms with E-state index in [1.54, 1.807) is 0 Å². The molecule has 8 heteroatoms. The molecule has 94 valence electrons. The number of nitrogens with zero attached hydrogens (tertiary/aromatic N) is 1. The number of aromatic nitrogens is 2. The van der Waals surface area contributed by atoms with Crippen LogP contribution in [0.25, 0.3) is 0 Å². The van der Waals surface area contributed by atoms with Gasteiger partial charge < -0.3 is 15.6 Å². The van der Waals surface area contributed by atoms with Crippen molar-refractivity contribution in [1.82, 2.24) is 9.55 Å². The molecule has 17 heavy (non-hydrogen) atoms. The van der Waals surface area contributed by atoms with E-state index in [-0.39, 0.29) is 0 Å². The summed E-state index contributed by atoms with van der Waals surface area (Å²) in [5.74, 6) is 0. The van der Waals surface area contributed by atoms with Gasteiger partial charge in [0.05, 0.1) is 12.6 Å². The monoisotopic (exact) mass is 245 g/mol. The molecule has 0 aliphatic carbocycles. The van der Waals surface area contributed by atoms with E-state index in [9.17, 15) is 14.0 Å². The van der Waals surface area contributed by atoms with E-state index in [4.69, 9.17) is 15.6 Å². The van der Waals surface area contributed by atoms with E-state index in [0.29, 0.717) is 0 Å². The normalized spacial score (nSPS) is 32.9. The minimum Gasteiger partial charge on any atom is -0.394 e. The van der Waals surface area contributed by atoms with Crippen molar-refractivity contribution in [2.75, 3.05) is 6.61 Å². The average molecular weight is 245 g/mol. The minimum atomic E-state index is -1.63. The quantitative estimate of drug-likeness (QED) is 0.563. The van der Waals surface area contributed by atoms with Crippen molar-refractivity contribution in [3.63, 3.8) is 0 Å². The maximum atomic E-state index is 13.8. The van der Waals surface area contributed by atoms with Gasteiger partial charge in [0.1, 0.15) is 6.10 Å². The Labute approximate surface area is 94.6 Å². The first-order chi connectivity index (χ1) is 8.04. The van der Waals surface area contributed by atoms with E-state index in [0.717, 1.165) is 16.8 Å². The van der Waals surface area contributed by atoms with Gasteiger partial charge in [0, 0.05) is 12.3 Å². The summed E-state index contributed by atoms with van der Waals surface area (Å²) in [6.07, 6.45) is -2.60. The number of H-pyrrole nitrogens is 1. The first-order valence-corrected chi connectivity index (χ1v) is 5.02. The van der Waals surface area contributed by atoms with E-state index in [2.05, 4.69) is 0 Å². The summed E-state index contributed by atoms with van der Waals surface area (Å²) >= 11 is 0. The molecule has 0 saturated carbocycles. The first kappa shape index (κ1) is 12.0. The summed E-state index contributed by atoms with van der Waals surface area (Å²) in [4.78, 5) is 24.3. The number of hydrogen-bond donors (Lipinski definition) is 3. The van der Waals surface area contributed by atoms with E-state index in [1.807, 2.05) is 4.98 Å². The molecule has 1 fully saturated rings. The summed E-state index contributed by atoms with van der Waals surface area (Å²) in [6.45, 7) is -0.434. The molecule has 2 heterocycles. The van der Waals surface area contributed by atoms with Gasteiger partial charge >= 0.3 is 5.69 Å². The zero-order chi connectivity index (χ0) is 12.6. The molecule has 1 aliphatic rings. The van der Waals surface area contributed by atoms with Gasteiger partial charge in [0.15, 0.2) is 12.4 Å². The molecule has 7 nitrogen and oxygen atoms in total. The smallest absolute Gasteiger partial charge is 0.330 e. The van der Waals surface area contributed by atoms with Crippen molar-refractivity contribution in [2.24, 2.45) is 5.73 Å². The lowest BCUT2D eigenvalue weighted by atomic mass is 10.1. The van der Waals surface area contributed by atoms with Gasteiger partial charge in [-0.05, 0) is 0 Å². The van der Waals surface area contributed by atoms with Gasteiger partial charge in [-0.15, -0.1) is 0 Å². The van der Waals surface area contributed by atoms with Crippen LogP contribution in [0.15, 0.2) is 21.9 Å². The van der Waals surface area contributed by atoms with Crippen LogP contribution in [0.4, 0.5) is 4.39 Å². The molecule has 0 spiro atoms. The number of aliphatic hydroxyl groups excluding tert-OH is 1. The molecule has 0 bridgehead atoms. The lowest BCUT2D eigenvalue weighted by molar-refractivity contribution is -0.0403. The Morgan fingerprint density at radius 1 is 1.59 bits per heavy atom. The topological polar surface area (TPSA) is 110 Å². The third kappa shape index (κ3) is 2.02. The molecule has 0 aromatic carbocycles. The van der Waals surface area contributed by atoms with Crippen molar-refractivity contribution in [1.29, 1.82) is 0 Å².